The molecular weight excluding hydrogens is 514 g/mol. The zero-order valence-corrected chi connectivity index (χ0v) is 19.8. The zero-order chi connectivity index (χ0) is 27.9. The number of aliphatic hydroxyl groups excluding tert-OH is 6. The highest BCUT2D eigenvalue weighted by atomic mass is 16.6. The quantitative estimate of drug-likeness (QED) is 0.149. The normalized spacial score (nSPS) is 30.9. The van der Waals surface area contributed by atoms with Gasteiger partial charge in [0.05, 0.1) is 19.5 Å². The second kappa shape index (κ2) is 10.7. The molecule has 38 heavy (non-hydrogen) atoms. The molecule has 2 fully saturated rings. The van der Waals surface area contributed by atoms with E-state index in [0.29, 0.717) is 0 Å². The molecule has 0 spiro atoms. The molecule has 0 radical (unpaired) electrons. The van der Waals surface area contributed by atoms with Crippen LogP contribution in [0, 0.1) is 6.92 Å². The predicted octanol–water partition coefficient (Wildman–Crippen LogP) is -5.23. The van der Waals surface area contributed by atoms with E-state index >= 15 is 0 Å². The van der Waals surface area contributed by atoms with Crippen molar-refractivity contribution in [2.24, 2.45) is 0 Å². The maximum atomic E-state index is 11.7. The average molecular weight is 541 g/mol. The van der Waals surface area contributed by atoms with Crippen molar-refractivity contribution in [1.29, 1.82) is 0 Å². The van der Waals surface area contributed by atoms with Crippen molar-refractivity contribution in [3.8, 4) is 0 Å². The number of hydrogen-bond acceptors (Lipinski definition) is 14. The summed E-state index contributed by atoms with van der Waals surface area (Å²) in [5, 5.41) is 57.0. The minimum atomic E-state index is -1.36. The van der Waals surface area contributed by atoms with Crippen LogP contribution in [0.4, 0.5) is 5.95 Å². The van der Waals surface area contributed by atoms with E-state index in [9.17, 15) is 34.8 Å². The van der Waals surface area contributed by atoms with Crippen LogP contribution in [0.1, 0.15) is 18.0 Å². The Kier molecular flexibility index (Phi) is 7.76. The van der Waals surface area contributed by atoms with Crippen LogP contribution in [0.3, 0.4) is 0 Å². The van der Waals surface area contributed by atoms with Crippen LogP contribution in [0.15, 0.2) is 26.9 Å². The van der Waals surface area contributed by atoms with Crippen LogP contribution in [0.25, 0.3) is 11.2 Å². The summed E-state index contributed by atoms with van der Waals surface area (Å²) in [5.41, 5.74) is 4.11. The number of aliphatic hydroxyl groups is 6. The van der Waals surface area contributed by atoms with E-state index in [-0.39, 0.29) is 22.7 Å². The van der Waals surface area contributed by atoms with Crippen molar-refractivity contribution in [3.63, 3.8) is 0 Å². The molecule has 0 amide bonds. The topological polar surface area (TPSA) is 284 Å². The monoisotopic (exact) mass is 541 g/mol. The Balaban J connectivity index is 0.000000178. The lowest BCUT2D eigenvalue weighted by atomic mass is 10.1. The number of rotatable bonds is 4. The standard InChI is InChI=1S/C10H13N5O5.C10H14N2O6/c11-10-13-7-4(8(19)14-10)12-2-15(7)9-6(18)5(17)3(1-16)20-9;1-4-2-12(10(17)11-8(4)16)9-7(15)6(14)5(3-13)18-9/h2-3,5-6,9,16-18H,1H2,(H3,11,13,14,19);2,5-7,9,13-15H,3H2,1H3,(H,11,16,17)/t3-,5-,6-,9-;5-,6-,7-,9-/m11/s1. The lowest BCUT2D eigenvalue weighted by molar-refractivity contribution is -0.0551. The largest absolute Gasteiger partial charge is 0.394 e. The van der Waals surface area contributed by atoms with Crippen molar-refractivity contribution in [1.82, 2.24) is 29.1 Å². The van der Waals surface area contributed by atoms with Gasteiger partial charge < -0.3 is 45.8 Å². The molecule has 208 valence electrons. The van der Waals surface area contributed by atoms with Crippen molar-refractivity contribution < 1.29 is 40.1 Å². The Bertz CT molecular complexity index is 1470. The highest BCUT2D eigenvalue weighted by molar-refractivity contribution is 5.70. The number of aromatic amines is 2. The van der Waals surface area contributed by atoms with Gasteiger partial charge in [0.2, 0.25) is 5.95 Å². The summed E-state index contributed by atoms with van der Waals surface area (Å²) in [6, 6.07) is 0. The first-order valence-corrected chi connectivity index (χ1v) is 11.3. The van der Waals surface area contributed by atoms with Crippen LogP contribution >= 0.6 is 0 Å². The molecule has 5 rings (SSSR count). The Morgan fingerprint density at radius 1 is 0.895 bits per heavy atom. The molecule has 0 saturated carbocycles. The number of nitrogens with zero attached hydrogens (tertiary/aromatic N) is 4. The summed E-state index contributed by atoms with van der Waals surface area (Å²) in [6.07, 6.45) is -6.73. The molecule has 10 N–H and O–H groups in total. The molecule has 8 atom stereocenters. The van der Waals surface area contributed by atoms with Gasteiger partial charge in [0, 0.05) is 11.8 Å². The third kappa shape index (κ3) is 4.86. The smallest absolute Gasteiger partial charge is 0.330 e. The zero-order valence-electron chi connectivity index (χ0n) is 19.8. The number of ether oxygens (including phenoxy) is 2. The molecule has 0 unspecified atom stereocenters. The van der Waals surface area contributed by atoms with Gasteiger partial charge in [-0.1, -0.05) is 0 Å². The second-order valence-electron chi connectivity index (χ2n) is 8.71. The maximum absolute atomic E-state index is 11.7. The summed E-state index contributed by atoms with van der Waals surface area (Å²) in [4.78, 5) is 46.6. The van der Waals surface area contributed by atoms with Crippen LogP contribution in [-0.4, -0.2) is 110 Å². The number of H-pyrrole nitrogens is 2. The molecule has 2 saturated heterocycles. The molecule has 2 aliphatic heterocycles. The number of imidazole rings is 1. The number of anilines is 1. The van der Waals surface area contributed by atoms with Gasteiger partial charge in [-0.15, -0.1) is 0 Å². The Hall–Kier alpha value is -3.49. The predicted molar refractivity (Wildman–Crippen MR) is 125 cm³/mol. The van der Waals surface area contributed by atoms with Crippen molar-refractivity contribution in [3.05, 3.63) is 49.3 Å². The maximum Gasteiger partial charge on any atom is 0.330 e. The van der Waals surface area contributed by atoms with E-state index in [1.54, 1.807) is 0 Å². The van der Waals surface area contributed by atoms with Crippen LogP contribution in [-0.2, 0) is 9.47 Å². The molecule has 18 nitrogen and oxygen atoms in total. The highest BCUT2D eigenvalue weighted by Crippen LogP contribution is 2.31. The fourth-order valence-corrected chi connectivity index (χ4v) is 4.12. The van der Waals surface area contributed by atoms with Gasteiger partial charge in [-0.05, 0) is 6.92 Å². The second-order valence-corrected chi connectivity index (χ2v) is 8.71. The van der Waals surface area contributed by atoms with E-state index in [4.69, 9.17) is 25.4 Å². The van der Waals surface area contributed by atoms with Gasteiger partial charge in [-0.2, -0.15) is 4.98 Å². The summed E-state index contributed by atoms with van der Waals surface area (Å²) >= 11 is 0. The van der Waals surface area contributed by atoms with Gasteiger partial charge in [0.1, 0.15) is 36.6 Å². The SMILES string of the molecule is Cc1cn([C@@H]2O[C@H](CO)[C@@H](O)[C@H]2O)c(=O)[nH]c1=O.Nc1nc2c(ncn2[C@@H]2O[C@H](CO)[C@@H](O)[C@H]2O)c(=O)[nH]1. The number of aromatic nitrogens is 6. The molecule has 2 aliphatic rings. The van der Waals surface area contributed by atoms with Crippen molar-refractivity contribution >= 4 is 17.1 Å². The third-order valence-corrected chi connectivity index (χ3v) is 6.18. The highest BCUT2D eigenvalue weighted by Gasteiger charge is 2.45. The molecule has 3 aromatic heterocycles. The molecule has 3 aromatic rings. The molecule has 0 aliphatic carbocycles. The fourth-order valence-electron chi connectivity index (χ4n) is 4.12. The minimum Gasteiger partial charge on any atom is -0.394 e. The van der Waals surface area contributed by atoms with E-state index in [2.05, 4.69) is 19.9 Å². The Morgan fingerprint density at radius 2 is 1.45 bits per heavy atom. The van der Waals surface area contributed by atoms with E-state index < -0.39 is 79.1 Å². The summed E-state index contributed by atoms with van der Waals surface area (Å²) < 4.78 is 12.8. The van der Waals surface area contributed by atoms with E-state index in [1.807, 2.05) is 0 Å². The van der Waals surface area contributed by atoms with E-state index in [1.165, 1.54) is 24.0 Å². The third-order valence-electron chi connectivity index (χ3n) is 6.18. The summed E-state index contributed by atoms with van der Waals surface area (Å²) in [5.74, 6) is -0.101. The molecule has 5 heterocycles. The van der Waals surface area contributed by atoms with Crippen molar-refractivity contribution in [2.45, 2.75) is 56.0 Å². The van der Waals surface area contributed by atoms with Gasteiger partial charge in [-0.25, -0.2) is 9.78 Å². The average Bonchev–Trinajstić information content (AvgIpc) is 3.51. The Morgan fingerprint density at radius 3 is 1.97 bits per heavy atom. The Labute approximate surface area is 211 Å². The first kappa shape index (κ1) is 27.5. The molecule has 0 aromatic carbocycles. The molecule has 0 bridgehead atoms. The van der Waals surface area contributed by atoms with Crippen LogP contribution in [0.2, 0.25) is 0 Å². The first-order valence-electron chi connectivity index (χ1n) is 11.3. The van der Waals surface area contributed by atoms with Gasteiger partial charge in [-0.3, -0.25) is 28.7 Å². The first-order chi connectivity index (χ1) is 18.0. The lowest BCUT2D eigenvalue weighted by Gasteiger charge is -2.17. The molecular formula is C20H27N7O11. The number of nitrogens with one attached hydrogen (secondary N) is 2. The number of nitrogen functional groups attached to an aromatic ring is 1. The minimum absolute atomic E-state index is 0.0388. The van der Waals surface area contributed by atoms with Crippen LogP contribution in [0.5, 0.6) is 0 Å². The van der Waals surface area contributed by atoms with E-state index in [0.717, 1.165) is 4.57 Å². The molecule has 18 heteroatoms. The number of hydrogen-bond donors (Lipinski definition) is 9. The summed E-state index contributed by atoms with van der Waals surface area (Å²) in [6.45, 7) is 0.569. The number of aryl methyl sites for hydroxylation is 1. The van der Waals surface area contributed by atoms with Crippen LogP contribution < -0.4 is 22.5 Å². The number of nitrogens with two attached hydrogens (primary N) is 1. The van der Waals surface area contributed by atoms with Gasteiger partial charge in [0.25, 0.3) is 11.1 Å². The van der Waals surface area contributed by atoms with Gasteiger partial charge in [0.15, 0.2) is 23.6 Å². The number of fused-ring (bicyclic) bond motifs is 1. The summed E-state index contributed by atoms with van der Waals surface area (Å²) in [7, 11) is 0. The fraction of sp³-hybridized carbons (Fsp3) is 0.550. The van der Waals surface area contributed by atoms with Crippen molar-refractivity contribution in [2.75, 3.05) is 18.9 Å². The van der Waals surface area contributed by atoms with Gasteiger partial charge >= 0.3 is 5.69 Å². The lowest BCUT2D eigenvalue weighted by Crippen LogP contribution is -2.38.